The minimum Gasteiger partial charge on any atom is -0.454 e. The van der Waals surface area contributed by atoms with Crippen LogP contribution in [-0.2, 0) is 16.1 Å². The van der Waals surface area contributed by atoms with Gasteiger partial charge >= 0.3 is 0 Å². The van der Waals surface area contributed by atoms with Gasteiger partial charge in [-0.25, -0.2) is 0 Å². The molecule has 0 spiro atoms. The van der Waals surface area contributed by atoms with E-state index in [1.165, 1.54) is 0 Å². The molecular formula is C18H25ClN2O4. The van der Waals surface area contributed by atoms with E-state index in [1.54, 1.807) is 0 Å². The fourth-order valence-corrected chi connectivity index (χ4v) is 4.49. The minimum atomic E-state index is -0.895. The molecule has 1 aliphatic carbocycles. The lowest BCUT2D eigenvalue weighted by molar-refractivity contribution is -0.225. The van der Waals surface area contributed by atoms with Gasteiger partial charge in [-0.2, -0.15) is 0 Å². The van der Waals surface area contributed by atoms with Crippen LogP contribution in [0.15, 0.2) is 18.2 Å². The quantitative estimate of drug-likeness (QED) is 0.852. The second kappa shape index (κ2) is 6.34. The lowest BCUT2D eigenvalue weighted by Gasteiger charge is -2.65. The van der Waals surface area contributed by atoms with Crippen molar-refractivity contribution in [3.8, 4) is 11.5 Å². The van der Waals surface area contributed by atoms with Gasteiger partial charge in [0.2, 0.25) is 12.7 Å². The first-order valence-electron chi connectivity index (χ1n) is 8.52. The van der Waals surface area contributed by atoms with E-state index in [-0.39, 0.29) is 42.5 Å². The number of hydrogen-bond acceptors (Lipinski definition) is 5. The smallest absolute Gasteiger partial charge is 0.241 e. The summed E-state index contributed by atoms with van der Waals surface area (Å²) in [6, 6.07) is 5.68. The molecule has 138 valence electrons. The van der Waals surface area contributed by atoms with Crippen molar-refractivity contribution < 1.29 is 19.0 Å². The number of benzene rings is 1. The number of fused-ring (bicyclic) bond motifs is 2. The Kier molecular flexibility index (Phi) is 4.64. The van der Waals surface area contributed by atoms with Gasteiger partial charge in [-0.1, -0.05) is 26.0 Å². The number of carbonyl (C=O) groups is 1. The van der Waals surface area contributed by atoms with E-state index >= 15 is 0 Å². The summed E-state index contributed by atoms with van der Waals surface area (Å²) in [5.41, 5.74) is 6.24. The standard InChI is InChI=1S/C18H24N2O4.ClH/c1-17(2)15-12(6-4-8-22-15)18(17,19)16(21)20-9-11-5-3-7-13-14(11)24-10-23-13;/h3,5,7,12,15H,4,6,8-10,19H2,1-2H3,(H,20,21);1H. The number of nitrogens with two attached hydrogens (primary N) is 1. The maximum atomic E-state index is 12.9. The van der Waals surface area contributed by atoms with E-state index in [1.807, 2.05) is 32.0 Å². The van der Waals surface area contributed by atoms with Crippen LogP contribution >= 0.6 is 12.4 Å². The van der Waals surface area contributed by atoms with Gasteiger partial charge in [-0.15, -0.1) is 12.4 Å². The van der Waals surface area contributed by atoms with Crippen molar-refractivity contribution in [3.05, 3.63) is 23.8 Å². The maximum absolute atomic E-state index is 12.9. The van der Waals surface area contributed by atoms with Crippen LogP contribution in [0.5, 0.6) is 11.5 Å². The number of ether oxygens (including phenoxy) is 3. The first-order chi connectivity index (χ1) is 11.5. The summed E-state index contributed by atoms with van der Waals surface area (Å²) in [6.07, 6.45) is 1.97. The summed E-state index contributed by atoms with van der Waals surface area (Å²) in [5.74, 6) is 1.39. The van der Waals surface area contributed by atoms with Gasteiger partial charge in [0.1, 0.15) is 5.54 Å². The Hall–Kier alpha value is -1.50. The Bertz CT molecular complexity index is 681. The lowest BCUT2D eigenvalue weighted by atomic mass is 9.46. The van der Waals surface area contributed by atoms with Crippen molar-refractivity contribution in [2.24, 2.45) is 17.1 Å². The SMILES string of the molecule is CC1(C)C2OCCCC2C1(N)C(=O)NCc1cccc2c1OCO2.Cl. The second-order valence-electron chi connectivity index (χ2n) is 7.46. The highest BCUT2D eigenvalue weighted by Gasteiger charge is 2.70. The summed E-state index contributed by atoms with van der Waals surface area (Å²) in [5, 5.41) is 3.00. The molecule has 1 aromatic carbocycles. The fraction of sp³-hybridized carbons (Fsp3) is 0.611. The zero-order valence-electron chi connectivity index (χ0n) is 14.5. The van der Waals surface area contributed by atoms with Crippen LogP contribution in [0.25, 0.3) is 0 Å². The van der Waals surface area contributed by atoms with Crippen molar-refractivity contribution in [1.29, 1.82) is 0 Å². The Morgan fingerprint density at radius 3 is 2.96 bits per heavy atom. The van der Waals surface area contributed by atoms with Crippen LogP contribution < -0.4 is 20.5 Å². The molecule has 2 aliphatic heterocycles. The van der Waals surface area contributed by atoms with Gasteiger partial charge < -0.3 is 25.3 Å². The highest BCUT2D eigenvalue weighted by molar-refractivity contribution is 5.89. The summed E-state index contributed by atoms with van der Waals surface area (Å²) in [7, 11) is 0. The third-order valence-corrected chi connectivity index (χ3v) is 5.98. The third-order valence-electron chi connectivity index (χ3n) is 5.98. The first kappa shape index (κ1) is 18.3. The molecule has 6 nitrogen and oxygen atoms in total. The average molecular weight is 369 g/mol. The van der Waals surface area contributed by atoms with E-state index in [0.717, 1.165) is 25.0 Å². The molecule has 0 aromatic heterocycles. The van der Waals surface area contributed by atoms with Gasteiger partial charge in [0.25, 0.3) is 0 Å². The molecule has 25 heavy (non-hydrogen) atoms. The number of nitrogens with one attached hydrogen (secondary N) is 1. The molecule has 1 amide bonds. The average Bonchev–Trinajstić information content (AvgIpc) is 3.08. The number of hydrogen-bond donors (Lipinski definition) is 2. The van der Waals surface area contributed by atoms with E-state index in [9.17, 15) is 4.79 Å². The second-order valence-corrected chi connectivity index (χ2v) is 7.46. The predicted octanol–water partition coefficient (Wildman–Crippen LogP) is 1.99. The lowest BCUT2D eigenvalue weighted by Crippen LogP contribution is -2.82. The van der Waals surface area contributed by atoms with Gasteiger partial charge in [-0.05, 0) is 18.9 Å². The summed E-state index contributed by atoms with van der Waals surface area (Å²) >= 11 is 0. The number of rotatable bonds is 3. The van der Waals surface area contributed by atoms with E-state index < -0.39 is 5.54 Å². The highest BCUT2D eigenvalue weighted by atomic mass is 35.5. The van der Waals surface area contributed by atoms with Crippen LogP contribution in [0.1, 0.15) is 32.3 Å². The maximum Gasteiger partial charge on any atom is 0.241 e. The van der Waals surface area contributed by atoms with Gasteiger partial charge in [-0.3, -0.25) is 4.79 Å². The fourth-order valence-electron chi connectivity index (χ4n) is 4.49. The van der Waals surface area contributed by atoms with Crippen molar-refractivity contribution in [2.45, 2.75) is 44.9 Å². The zero-order valence-corrected chi connectivity index (χ0v) is 15.4. The first-order valence-corrected chi connectivity index (χ1v) is 8.52. The van der Waals surface area contributed by atoms with E-state index in [4.69, 9.17) is 19.9 Å². The van der Waals surface area contributed by atoms with Gasteiger partial charge in [0.15, 0.2) is 11.5 Å². The normalized spacial score (nSPS) is 31.3. The minimum absolute atomic E-state index is 0. The number of para-hydroxylation sites is 1. The Balaban J connectivity index is 0.00000182. The molecular weight excluding hydrogens is 344 g/mol. The molecule has 4 rings (SSSR count). The molecule has 0 bridgehead atoms. The Morgan fingerprint density at radius 1 is 1.36 bits per heavy atom. The van der Waals surface area contributed by atoms with Crippen LogP contribution in [0.3, 0.4) is 0 Å². The molecule has 1 saturated carbocycles. The molecule has 3 atom stereocenters. The van der Waals surface area contributed by atoms with Gasteiger partial charge in [0, 0.05) is 30.0 Å². The molecule has 3 unspecified atom stereocenters. The van der Waals surface area contributed by atoms with Crippen molar-refractivity contribution in [3.63, 3.8) is 0 Å². The third kappa shape index (κ3) is 2.50. The van der Waals surface area contributed by atoms with E-state index in [0.29, 0.717) is 18.0 Å². The number of halogens is 1. The molecule has 0 radical (unpaired) electrons. The molecule has 1 aromatic rings. The predicted molar refractivity (Wildman–Crippen MR) is 94.8 cm³/mol. The molecule has 1 saturated heterocycles. The summed E-state index contributed by atoms with van der Waals surface area (Å²) in [4.78, 5) is 12.9. The van der Waals surface area contributed by atoms with Gasteiger partial charge in [0.05, 0.1) is 6.10 Å². The van der Waals surface area contributed by atoms with Crippen LogP contribution in [-0.4, -0.2) is 30.9 Å². The zero-order chi connectivity index (χ0) is 16.9. The largest absolute Gasteiger partial charge is 0.454 e. The molecule has 3 N–H and O–H groups in total. The highest BCUT2D eigenvalue weighted by Crippen LogP contribution is 2.57. The monoisotopic (exact) mass is 368 g/mol. The van der Waals surface area contributed by atoms with Crippen LogP contribution in [0.2, 0.25) is 0 Å². The summed E-state index contributed by atoms with van der Waals surface area (Å²) in [6.45, 7) is 5.40. The van der Waals surface area contributed by atoms with Crippen LogP contribution in [0.4, 0.5) is 0 Å². The molecule has 2 fully saturated rings. The van der Waals surface area contributed by atoms with Crippen LogP contribution in [0, 0.1) is 11.3 Å². The molecule has 7 heteroatoms. The molecule has 3 aliphatic rings. The van der Waals surface area contributed by atoms with Crippen molar-refractivity contribution in [1.82, 2.24) is 5.32 Å². The molecule has 2 heterocycles. The van der Waals surface area contributed by atoms with Crippen molar-refractivity contribution in [2.75, 3.05) is 13.4 Å². The topological polar surface area (TPSA) is 82.8 Å². The Labute approximate surface area is 153 Å². The van der Waals surface area contributed by atoms with Crippen molar-refractivity contribution >= 4 is 18.3 Å². The summed E-state index contributed by atoms with van der Waals surface area (Å²) < 4.78 is 16.7. The number of amides is 1. The number of carbonyl (C=O) groups excluding carboxylic acids is 1. The van der Waals surface area contributed by atoms with E-state index in [2.05, 4.69) is 5.32 Å². The Morgan fingerprint density at radius 2 is 2.16 bits per heavy atom.